The van der Waals surface area contributed by atoms with E-state index in [0.29, 0.717) is 72.2 Å². The number of nitrogens with zero attached hydrogens (tertiary/aromatic N) is 4. The van der Waals surface area contributed by atoms with Crippen LogP contribution >= 0.6 is 0 Å². The second kappa shape index (κ2) is 18.7. The molecule has 8 bridgehead atoms. The number of methoxy groups -OCH3 is 2. The first-order valence-electron chi connectivity index (χ1n) is 32.0. The van der Waals surface area contributed by atoms with E-state index in [1.54, 1.807) is 26.4 Å². The van der Waals surface area contributed by atoms with E-state index in [-0.39, 0.29) is 69.1 Å². The first-order valence-corrected chi connectivity index (χ1v) is 32.0. The number of aliphatic hydroxyl groups is 2. The number of aliphatic hydroxyl groups excluding tert-OH is 2. The summed E-state index contributed by atoms with van der Waals surface area (Å²) in [5.41, 5.74) is 9.73. The molecule has 16 nitrogen and oxygen atoms in total. The summed E-state index contributed by atoms with van der Waals surface area (Å²) in [7, 11) is 12.2. The number of carbonyl (C=O) groups is 2. The van der Waals surface area contributed by atoms with Gasteiger partial charge in [0.25, 0.3) is 0 Å². The Balaban J connectivity index is 0.0000000896. The van der Waals surface area contributed by atoms with Gasteiger partial charge in [0.15, 0.2) is 69.8 Å². The fraction of sp³-hybridized carbons (Fsp3) is 0.571. The van der Waals surface area contributed by atoms with Crippen LogP contribution in [0, 0.1) is 23.7 Å². The number of rotatable bonds is 2. The van der Waals surface area contributed by atoms with Crippen molar-refractivity contribution in [2.24, 2.45) is 23.7 Å². The molecule has 0 aromatic heterocycles. The van der Waals surface area contributed by atoms with Gasteiger partial charge in [0.05, 0.1) is 14.2 Å². The molecular weight excluding hydrogens is 1090 g/mol. The van der Waals surface area contributed by atoms with Crippen molar-refractivity contribution in [3.05, 3.63) is 117 Å². The highest BCUT2D eigenvalue weighted by Crippen LogP contribution is 2.67. The van der Waals surface area contributed by atoms with Crippen LogP contribution in [-0.4, -0.2) is 181 Å². The normalized spacial score (nSPS) is 40.5. The molecule has 8 aliphatic heterocycles. The van der Waals surface area contributed by atoms with E-state index in [9.17, 15) is 30.0 Å². The Bertz CT molecular complexity index is 3620. The van der Waals surface area contributed by atoms with Gasteiger partial charge in [-0.15, -0.1) is 0 Å². The van der Waals surface area contributed by atoms with E-state index >= 15 is 0 Å². The average Bonchev–Trinajstić information content (AvgIpc) is 1.54. The highest BCUT2D eigenvalue weighted by Gasteiger charge is 2.69. The molecule has 2 saturated carbocycles. The predicted molar refractivity (Wildman–Crippen MR) is 318 cm³/mol. The number of phenolic OH excluding ortho intramolecular Hbond substituents is 2. The highest BCUT2D eigenvalue weighted by molar-refractivity contribution is 5.90. The van der Waals surface area contributed by atoms with Crippen molar-refractivity contribution in [1.82, 2.24) is 19.6 Å². The van der Waals surface area contributed by atoms with Crippen LogP contribution in [0.15, 0.2) is 72.8 Å². The van der Waals surface area contributed by atoms with Gasteiger partial charge < -0.3 is 68.4 Å². The van der Waals surface area contributed by atoms with E-state index in [1.165, 1.54) is 38.9 Å². The van der Waals surface area contributed by atoms with Gasteiger partial charge in [0.2, 0.25) is 0 Å². The monoisotopic (exact) mass is 1170 g/mol. The van der Waals surface area contributed by atoms with Gasteiger partial charge in [0, 0.05) is 92.8 Å². The summed E-state index contributed by atoms with van der Waals surface area (Å²) in [5.74, 6) is 7.23. The van der Waals surface area contributed by atoms with Crippen LogP contribution in [0.2, 0.25) is 0 Å². The number of carbonyl (C=O) groups excluding carboxylic acids is 2. The lowest BCUT2D eigenvalue weighted by Crippen LogP contribution is -2.65. The number of likely N-dealkylation sites (tertiary alicyclic amines) is 4. The van der Waals surface area contributed by atoms with Crippen LogP contribution in [0.25, 0.3) is 0 Å². The summed E-state index contributed by atoms with van der Waals surface area (Å²) in [6.07, 6.45) is 17.4. The summed E-state index contributed by atoms with van der Waals surface area (Å²) >= 11 is 0. The molecule has 8 aliphatic carbocycles. The minimum atomic E-state index is -0.594. The van der Waals surface area contributed by atoms with Gasteiger partial charge in [-0.3, -0.25) is 9.59 Å². The zero-order chi connectivity index (χ0) is 58.8. The molecule has 6 fully saturated rings. The molecule has 4 saturated heterocycles. The smallest absolute Gasteiger partial charge is 0.174 e. The van der Waals surface area contributed by atoms with Gasteiger partial charge in [-0.25, -0.2) is 0 Å². The van der Waals surface area contributed by atoms with E-state index in [2.05, 4.69) is 72.1 Å². The molecule has 8 heterocycles. The minimum Gasteiger partial charge on any atom is -0.504 e. The van der Waals surface area contributed by atoms with E-state index in [0.717, 1.165) is 119 Å². The Morgan fingerprint density at radius 2 is 0.802 bits per heavy atom. The zero-order valence-corrected chi connectivity index (χ0v) is 50.2. The van der Waals surface area contributed by atoms with Crippen LogP contribution in [-0.2, 0) is 56.9 Å². The van der Waals surface area contributed by atoms with E-state index in [1.807, 2.05) is 36.4 Å². The lowest BCUT2D eigenvalue weighted by Gasteiger charge is -2.57. The van der Waals surface area contributed by atoms with Crippen LogP contribution in [0.3, 0.4) is 0 Å². The molecule has 1 unspecified atom stereocenters. The van der Waals surface area contributed by atoms with E-state index < -0.39 is 12.2 Å². The number of hydrogen-bond acceptors (Lipinski definition) is 16. The Labute approximate surface area is 502 Å². The van der Waals surface area contributed by atoms with Crippen LogP contribution in [0.4, 0.5) is 0 Å². The number of aromatic hydroxyl groups is 2. The maximum absolute atomic E-state index is 12.6. The maximum Gasteiger partial charge on any atom is 0.174 e. The molecule has 0 amide bonds. The van der Waals surface area contributed by atoms with Crippen molar-refractivity contribution in [2.75, 3.05) is 68.6 Å². The van der Waals surface area contributed by atoms with Gasteiger partial charge >= 0.3 is 0 Å². The quantitative estimate of drug-likeness (QED) is 0.165. The molecule has 4 N–H and O–H groups in total. The third-order valence-electron chi connectivity index (χ3n) is 25.5. The molecule has 16 heteroatoms. The lowest BCUT2D eigenvalue weighted by molar-refractivity contribution is -0.138. The fourth-order valence-corrected chi connectivity index (χ4v) is 21.8. The summed E-state index contributed by atoms with van der Waals surface area (Å²) in [6, 6.07) is 17.9. The SMILES string of the molecule is CN1CC[C@]23c4c5ccc(O)c4O[C@H]2C(=O)CC[C@H]3[C@H]1C5.CN1CC[C@]23c4c5ccc(O)c4O[C@H]2[C@@H](O)C=C[C@H]3[C@H]1C5.COc1ccc2c3c1O[C@H]1C(=O)CCC4[C@@H](C2)N(C)CC[C@@]341.COc1ccc2c3c1O[C@H]1[C@@H](O)C=C[C@H]4[C@@H](C2)N(C)CC[C@@]341. The third kappa shape index (κ3) is 6.71. The standard InChI is InChI=1S/2C18H21NO3.2C17H19NO3/c2*1-19-8-7-18-11-4-5-13(20)17(18)22-16-14(21-2)6-3-10(15(16)18)9-12(11)19;2*1-18-7-6-17-10-3-5-13(20)16(17)21-15-12(19)4-2-9(14(15)17)8-11(10)18/h3,6,11-12,17H,4-5,7-9H2,1-2H3;3-6,11-13,17,20H,7-9H2,1-2H3;2,4,10-11,16,19H,3,5-8H2,1H3;2-5,10-11,13,16,19-20H,6-8H2,1H3/t11?,12-,17+,18+;11-,12+,13-,17-,18-;10-,11+,16-,17-;10-,11+,13-,16-,17-/m1000/s1. The van der Waals surface area contributed by atoms with Crippen LogP contribution < -0.4 is 28.4 Å². The topological polar surface area (TPSA) is 183 Å². The molecule has 4 aromatic carbocycles. The minimum absolute atomic E-state index is 0.0806. The van der Waals surface area contributed by atoms with Crippen molar-refractivity contribution in [1.29, 1.82) is 0 Å². The molecule has 16 aliphatic rings. The number of likely N-dealkylation sites (N-methyl/N-ethyl adjacent to an activating group) is 4. The van der Waals surface area contributed by atoms with Crippen molar-refractivity contribution >= 4 is 11.6 Å². The molecule has 0 radical (unpaired) electrons. The molecule has 86 heavy (non-hydrogen) atoms. The van der Waals surface area contributed by atoms with Crippen LogP contribution in [0.5, 0.6) is 46.0 Å². The van der Waals surface area contributed by atoms with Crippen molar-refractivity contribution in [2.45, 2.75) is 160 Å². The maximum atomic E-state index is 12.6. The van der Waals surface area contributed by atoms with Crippen molar-refractivity contribution < 1.29 is 58.4 Å². The van der Waals surface area contributed by atoms with Crippen LogP contribution in [0.1, 0.15) is 95.9 Å². The number of benzene rings is 4. The predicted octanol–water partition coefficient (Wildman–Crippen LogP) is 6.26. The number of ketones is 2. The summed E-state index contributed by atoms with van der Waals surface area (Å²) in [6.45, 7) is 4.11. The summed E-state index contributed by atoms with van der Waals surface area (Å²) in [5, 5.41) is 41.4. The molecule has 18 atom stereocenters. The van der Waals surface area contributed by atoms with Gasteiger partial charge in [-0.2, -0.15) is 0 Å². The molecule has 4 aromatic rings. The number of hydrogen-bond donors (Lipinski definition) is 4. The average molecular weight is 1170 g/mol. The Morgan fingerprint density at radius 1 is 0.453 bits per heavy atom. The van der Waals surface area contributed by atoms with Gasteiger partial charge in [0.1, 0.15) is 24.4 Å². The highest BCUT2D eigenvalue weighted by atomic mass is 16.5. The molecule has 20 rings (SSSR count). The second-order valence-corrected chi connectivity index (χ2v) is 28.4. The Hall–Kier alpha value is -6.14. The number of piperidine rings is 4. The second-order valence-electron chi connectivity index (χ2n) is 28.4. The third-order valence-corrected chi connectivity index (χ3v) is 25.5. The molecular formula is C70H80N4O12. The number of phenols is 2. The summed E-state index contributed by atoms with van der Waals surface area (Å²) in [4.78, 5) is 35.0. The molecule has 452 valence electrons. The first kappa shape index (κ1) is 54.0. The fourth-order valence-electron chi connectivity index (χ4n) is 21.8. The van der Waals surface area contributed by atoms with Crippen molar-refractivity contribution in [3.63, 3.8) is 0 Å². The number of ether oxygens (including phenoxy) is 6. The Kier molecular flexibility index (Phi) is 11.8. The van der Waals surface area contributed by atoms with Crippen molar-refractivity contribution in [3.8, 4) is 46.0 Å². The zero-order valence-electron chi connectivity index (χ0n) is 50.2. The van der Waals surface area contributed by atoms with Gasteiger partial charge in [-0.05, 0) is 177 Å². The summed E-state index contributed by atoms with van der Waals surface area (Å²) < 4.78 is 35.7. The van der Waals surface area contributed by atoms with Gasteiger partial charge in [-0.1, -0.05) is 48.6 Å². The Morgan fingerprint density at radius 3 is 1.27 bits per heavy atom. The van der Waals surface area contributed by atoms with E-state index in [4.69, 9.17) is 28.4 Å². The first-order chi connectivity index (χ1) is 41.6. The molecule has 4 spiro atoms. The lowest BCUT2D eigenvalue weighted by atomic mass is 9.52. The number of Topliss-reactive ketones (excluding diaryl/α,β-unsaturated/α-hetero) is 2. The largest absolute Gasteiger partial charge is 0.504 e.